The fraction of sp³-hybridized carbons (Fsp3) is 0.400. The first-order valence-corrected chi connectivity index (χ1v) is 6.05. The molecule has 2 nitrogen and oxygen atoms in total. The number of hydrogen-bond donors (Lipinski definition) is 1. The fourth-order valence-electron chi connectivity index (χ4n) is 2.00. The minimum atomic E-state index is 0.126. The third kappa shape index (κ3) is 2.12. The molecule has 0 saturated heterocycles. The lowest BCUT2D eigenvalue weighted by molar-refractivity contribution is 0.459. The lowest BCUT2D eigenvalue weighted by atomic mass is 9.81. The van der Waals surface area contributed by atoms with Gasteiger partial charge in [-0.05, 0) is 41.8 Å². The molecule has 0 bridgehead atoms. The summed E-state index contributed by atoms with van der Waals surface area (Å²) in [6, 6.07) is 8.23. The molecule has 0 unspecified atom stereocenters. The fourth-order valence-corrected chi connectivity index (χ4v) is 2.00. The van der Waals surface area contributed by atoms with Gasteiger partial charge in [-0.3, -0.25) is 0 Å². The van der Waals surface area contributed by atoms with Gasteiger partial charge in [-0.2, -0.15) is 0 Å². The van der Waals surface area contributed by atoms with Gasteiger partial charge < -0.3 is 5.11 Å². The van der Waals surface area contributed by atoms with Crippen LogP contribution in [0, 0.1) is 6.92 Å². The van der Waals surface area contributed by atoms with Crippen molar-refractivity contribution >= 4 is 10.8 Å². The first-order valence-electron chi connectivity index (χ1n) is 6.05. The number of pyridine rings is 1. The summed E-state index contributed by atoms with van der Waals surface area (Å²) in [5.41, 5.74) is 2.32. The first kappa shape index (κ1) is 11.9. The Morgan fingerprint density at radius 2 is 1.94 bits per heavy atom. The van der Waals surface area contributed by atoms with E-state index >= 15 is 0 Å². The number of benzene rings is 1. The molecule has 0 atom stereocenters. The molecule has 0 fully saturated rings. The van der Waals surface area contributed by atoms with E-state index in [1.165, 1.54) is 5.56 Å². The third-order valence-electron chi connectivity index (χ3n) is 3.60. The van der Waals surface area contributed by atoms with Crippen LogP contribution < -0.4 is 0 Å². The van der Waals surface area contributed by atoms with Crippen molar-refractivity contribution in [2.75, 3.05) is 0 Å². The highest BCUT2D eigenvalue weighted by Gasteiger charge is 2.18. The van der Waals surface area contributed by atoms with E-state index in [-0.39, 0.29) is 11.3 Å². The van der Waals surface area contributed by atoms with Crippen LogP contribution in [-0.4, -0.2) is 10.1 Å². The molecule has 2 heteroatoms. The maximum absolute atomic E-state index is 9.79. The molecule has 0 spiro atoms. The minimum Gasteiger partial charge on any atom is -0.493 e. The van der Waals surface area contributed by atoms with Crippen molar-refractivity contribution in [1.29, 1.82) is 0 Å². The number of nitrogens with zero attached hydrogens (tertiary/aromatic N) is 1. The summed E-state index contributed by atoms with van der Waals surface area (Å²) in [5, 5.41) is 11.7. The monoisotopic (exact) mass is 229 g/mol. The van der Waals surface area contributed by atoms with Crippen molar-refractivity contribution in [1.82, 2.24) is 4.98 Å². The molecule has 1 N–H and O–H groups in total. The van der Waals surface area contributed by atoms with E-state index in [1.807, 2.05) is 19.1 Å². The Morgan fingerprint density at radius 3 is 2.59 bits per heavy atom. The SMILES string of the molecule is CCC(C)(C)c1ccc2c(O)nc(C)cc2c1. The van der Waals surface area contributed by atoms with Gasteiger partial charge in [0.15, 0.2) is 0 Å². The van der Waals surface area contributed by atoms with E-state index in [9.17, 15) is 5.11 Å². The van der Waals surface area contributed by atoms with Gasteiger partial charge in [0.1, 0.15) is 0 Å². The van der Waals surface area contributed by atoms with Crippen molar-refractivity contribution in [3.8, 4) is 5.88 Å². The molecule has 0 saturated carbocycles. The van der Waals surface area contributed by atoms with Crippen molar-refractivity contribution in [2.24, 2.45) is 0 Å². The average molecular weight is 229 g/mol. The maximum Gasteiger partial charge on any atom is 0.219 e. The normalized spacial score (nSPS) is 12.0. The summed E-state index contributed by atoms with van der Waals surface area (Å²) in [6.45, 7) is 8.57. The van der Waals surface area contributed by atoms with Gasteiger partial charge in [0.2, 0.25) is 5.88 Å². The number of aromatic hydroxyl groups is 1. The van der Waals surface area contributed by atoms with Crippen LogP contribution >= 0.6 is 0 Å². The van der Waals surface area contributed by atoms with E-state index in [4.69, 9.17) is 0 Å². The van der Waals surface area contributed by atoms with Crippen LogP contribution in [0.4, 0.5) is 0 Å². The number of rotatable bonds is 2. The van der Waals surface area contributed by atoms with Crippen LogP contribution in [0.2, 0.25) is 0 Å². The average Bonchev–Trinajstić information content (AvgIpc) is 2.28. The standard InChI is InChI=1S/C15H19NO/c1-5-15(3,4)12-6-7-13-11(9-12)8-10(2)16-14(13)17/h6-9H,5H2,1-4H3,(H,16,17). The highest BCUT2D eigenvalue weighted by atomic mass is 16.3. The zero-order valence-electron chi connectivity index (χ0n) is 10.9. The van der Waals surface area contributed by atoms with Crippen LogP contribution in [0.25, 0.3) is 10.8 Å². The second kappa shape index (κ2) is 4.02. The van der Waals surface area contributed by atoms with Crippen molar-refractivity contribution < 1.29 is 5.11 Å². The second-order valence-corrected chi connectivity index (χ2v) is 5.26. The Balaban J connectivity index is 2.66. The second-order valence-electron chi connectivity index (χ2n) is 5.26. The van der Waals surface area contributed by atoms with Crippen molar-refractivity contribution in [3.63, 3.8) is 0 Å². The third-order valence-corrected chi connectivity index (χ3v) is 3.60. The van der Waals surface area contributed by atoms with Crippen LogP contribution in [0.5, 0.6) is 5.88 Å². The number of hydrogen-bond acceptors (Lipinski definition) is 2. The summed E-state index contributed by atoms with van der Waals surface area (Å²) in [5.74, 6) is 0.126. The van der Waals surface area contributed by atoms with Crippen molar-refractivity contribution in [2.45, 2.75) is 39.5 Å². The molecule has 1 aromatic carbocycles. The molecular formula is C15H19NO. The van der Waals surface area contributed by atoms with E-state index in [1.54, 1.807) is 0 Å². The van der Waals surface area contributed by atoms with Crippen molar-refractivity contribution in [3.05, 3.63) is 35.5 Å². The Bertz CT molecular complexity index is 558. The first-order chi connectivity index (χ1) is 7.94. The molecule has 17 heavy (non-hydrogen) atoms. The Morgan fingerprint density at radius 1 is 1.24 bits per heavy atom. The Kier molecular flexibility index (Phi) is 2.82. The van der Waals surface area contributed by atoms with Gasteiger partial charge in [0.05, 0.1) is 0 Å². The predicted molar refractivity (Wildman–Crippen MR) is 71.5 cm³/mol. The highest BCUT2D eigenvalue weighted by Crippen LogP contribution is 2.31. The molecule has 90 valence electrons. The Labute approximate surface area is 102 Å². The molecule has 2 rings (SSSR count). The summed E-state index contributed by atoms with van der Waals surface area (Å²) < 4.78 is 0. The van der Waals surface area contributed by atoms with Crippen LogP contribution in [0.1, 0.15) is 38.4 Å². The highest BCUT2D eigenvalue weighted by molar-refractivity contribution is 5.87. The summed E-state index contributed by atoms with van der Waals surface area (Å²) >= 11 is 0. The summed E-state index contributed by atoms with van der Waals surface area (Å²) in [4.78, 5) is 4.07. The summed E-state index contributed by atoms with van der Waals surface area (Å²) in [7, 11) is 0. The van der Waals surface area contributed by atoms with E-state index in [2.05, 4.69) is 37.9 Å². The van der Waals surface area contributed by atoms with Crippen LogP contribution in [0.3, 0.4) is 0 Å². The number of aryl methyl sites for hydroxylation is 1. The largest absolute Gasteiger partial charge is 0.493 e. The topological polar surface area (TPSA) is 33.1 Å². The van der Waals surface area contributed by atoms with E-state index < -0.39 is 0 Å². The molecule has 1 heterocycles. The Hall–Kier alpha value is -1.57. The van der Waals surface area contributed by atoms with Gasteiger partial charge in [-0.25, -0.2) is 4.98 Å². The lowest BCUT2D eigenvalue weighted by Crippen LogP contribution is -2.15. The number of aromatic nitrogens is 1. The molecule has 2 aromatic rings. The lowest BCUT2D eigenvalue weighted by Gasteiger charge is -2.23. The maximum atomic E-state index is 9.79. The van der Waals surface area contributed by atoms with Gasteiger partial charge in [-0.1, -0.05) is 32.9 Å². The van der Waals surface area contributed by atoms with Crippen LogP contribution in [-0.2, 0) is 5.41 Å². The summed E-state index contributed by atoms with van der Waals surface area (Å²) in [6.07, 6.45) is 1.09. The van der Waals surface area contributed by atoms with Crippen LogP contribution in [0.15, 0.2) is 24.3 Å². The quantitative estimate of drug-likeness (QED) is 0.846. The molecule has 0 amide bonds. The van der Waals surface area contributed by atoms with E-state index in [0.717, 1.165) is 22.9 Å². The van der Waals surface area contributed by atoms with Gasteiger partial charge in [-0.15, -0.1) is 0 Å². The van der Waals surface area contributed by atoms with Gasteiger partial charge in [0, 0.05) is 11.1 Å². The minimum absolute atomic E-state index is 0.126. The molecule has 1 aromatic heterocycles. The molecule has 0 aliphatic carbocycles. The number of fused-ring (bicyclic) bond motifs is 1. The molecule has 0 aliphatic heterocycles. The van der Waals surface area contributed by atoms with Gasteiger partial charge >= 0.3 is 0 Å². The smallest absolute Gasteiger partial charge is 0.219 e. The predicted octanol–water partition coefficient (Wildman–Crippen LogP) is 3.94. The molecule has 0 aliphatic rings. The molecule has 0 radical (unpaired) electrons. The van der Waals surface area contributed by atoms with E-state index in [0.29, 0.717) is 0 Å². The zero-order chi connectivity index (χ0) is 12.6. The molecular weight excluding hydrogens is 210 g/mol. The zero-order valence-corrected chi connectivity index (χ0v) is 10.9. The van der Waals surface area contributed by atoms with Gasteiger partial charge in [0.25, 0.3) is 0 Å².